The van der Waals surface area contributed by atoms with E-state index in [9.17, 15) is 19.8 Å². The van der Waals surface area contributed by atoms with Gasteiger partial charge in [0.25, 0.3) is 11.8 Å². The number of carbonyl (C=O) groups excluding carboxylic acids is 2. The molecular weight excluding hydrogens is 420 g/mol. The van der Waals surface area contributed by atoms with Crippen molar-refractivity contribution in [2.24, 2.45) is 0 Å². The molecule has 1 saturated carbocycles. The van der Waals surface area contributed by atoms with Gasteiger partial charge in [-0.1, -0.05) is 67.1 Å². The van der Waals surface area contributed by atoms with Gasteiger partial charge in [-0.15, -0.1) is 0 Å². The fraction of sp³-hybridized carbons (Fsp3) is 0.240. The highest BCUT2D eigenvalue weighted by Gasteiger charge is 2.27. The lowest BCUT2D eigenvalue weighted by Gasteiger charge is -2.27. The Morgan fingerprint density at radius 2 is 1.61 bits per heavy atom. The molecule has 2 atom stereocenters. The molecule has 2 amide bonds. The third-order valence-electron chi connectivity index (χ3n) is 5.61. The maximum absolute atomic E-state index is 13.0. The summed E-state index contributed by atoms with van der Waals surface area (Å²) in [5, 5.41) is 26.0. The zero-order valence-electron chi connectivity index (χ0n) is 17.9. The maximum atomic E-state index is 13.0. The summed E-state index contributed by atoms with van der Waals surface area (Å²) in [7, 11) is 0. The molecule has 4 rings (SSSR count). The molecule has 0 aliphatic heterocycles. The molecule has 1 aromatic heterocycles. The Morgan fingerprint density at radius 1 is 0.970 bits per heavy atom. The number of hydrogen-bond acceptors (Lipinski definition) is 6. The van der Waals surface area contributed by atoms with Crippen LogP contribution in [0.5, 0.6) is 5.88 Å². The quantitative estimate of drug-likeness (QED) is 0.462. The van der Waals surface area contributed by atoms with E-state index in [2.05, 4.69) is 20.6 Å². The molecule has 1 fully saturated rings. The number of benzene rings is 2. The Balaban J connectivity index is 1.51. The second kappa shape index (κ2) is 10.2. The number of rotatable bonds is 6. The molecule has 169 valence electrons. The van der Waals surface area contributed by atoms with E-state index in [-0.39, 0.29) is 11.4 Å². The fourth-order valence-corrected chi connectivity index (χ4v) is 3.85. The van der Waals surface area contributed by atoms with Gasteiger partial charge in [0.05, 0.1) is 18.2 Å². The third-order valence-corrected chi connectivity index (χ3v) is 5.61. The first-order valence-electron chi connectivity index (χ1n) is 10.8. The summed E-state index contributed by atoms with van der Waals surface area (Å²) in [6.07, 6.45) is 4.42. The van der Waals surface area contributed by atoms with E-state index in [1.165, 1.54) is 0 Å². The van der Waals surface area contributed by atoms with Gasteiger partial charge in [-0.3, -0.25) is 9.59 Å². The molecular formula is C25H25N4O4. The van der Waals surface area contributed by atoms with E-state index >= 15 is 0 Å². The zero-order chi connectivity index (χ0) is 23.2. The van der Waals surface area contributed by atoms with Crippen LogP contribution in [0.15, 0.2) is 66.9 Å². The normalized spacial score (nSPS) is 18.0. The Morgan fingerprint density at radius 3 is 2.18 bits per heavy atom. The van der Waals surface area contributed by atoms with Crippen LogP contribution in [0.25, 0.3) is 0 Å². The fourth-order valence-electron chi connectivity index (χ4n) is 3.85. The van der Waals surface area contributed by atoms with Crippen molar-refractivity contribution in [1.82, 2.24) is 20.6 Å². The average Bonchev–Trinajstić information content (AvgIpc) is 2.84. The van der Waals surface area contributed by atoms with Gasteiger partial charge >= 0.3 is 0 Å². The lowest BCUT2D eigenvalue weighted by atomic mass is 9.92. The molecule has 0 saturated heterocycles. The molecule has 8 heteroatoms. The van der Waals surface area contributed by atoms with Crippen molar-refractivity contribution >= 4 is 11.8 Å². The van der Waals surface area contributed by atoms with Crippen molar-refractivity contribution in [2.45, 2.75) is 37.5 Å². The second-order valence-electron chi connectivity index (χ2n) is 7.90. The van der Waals surface area contributed by atoms with E-state index in [1.807, 2.05) is 60.7 Å². The zero-order valence-corrected chi connectivity index (χ0v) is 17.9. The standard InChI is InChI=1S/C25H25N4O4/c30-20-14-8-7-13-19(20)27-25(33)22-26-15-18(24(32)29-22)23(31)28-21(16-9-3-1-4-10-16)17-11-5-2-6-12-17/h1-6,9-12,14-15,19-21,30H,7-8,13H2,(H,27,33)(H,28,31)(H,26,29,32)/t19?,20-/m1/s1. The first kappa shape index (κ1) is 22.4. The summed E-state index contributed by atoms with van der Waals surface area (Å²) < 4.78 is 0. The lowest BCUT2D eigenvalue weighted by molar-refractivity contribution is 0.0822. The number of aliphatic hydroxyl groups is 1. The van der Waals surface area contributed by atoms with E-state index in [0.717, 1.165) is 30.2 Å². The predicted molar refractivity (Wildman–Crippen MR) is 121 cm³/mol. The van der Waals surface area contributed by atoms with Crippen molar-refractivity contribution in [1.29, 1.82) is 0 Å². The van der Waals surface area contributed by atoms with Crippen molar-refractivity contribution in [3.05, 3.63) is 95.8 Å². The molecule has 4 N–H and O–H groups in total. The smallest absolute Gasteiger partial charge is 0.289 e. The summed E-state index contributed by atoms with van der Waals surface area (Å²) in [6, 6.07) is 18.0. The molecule has 33 heavy (non-hydrogen) atoms. The number of carbonyl (C=O) groups is 2. The summed E-state index contributed by atoms with van der Waals surface area (Å²) in [5.74, 6) is -2.06. The van der Waals surface area contributed by atoms with Gasteiger partial charge in [0, 0.05) is 6.20 Å². The number of aromatic hydroxyl groups is 1. The van der Waals surface area contributed by atoms with Gasteiger partial charge in [0.1, 0.15) is 5.56 Å². The van der Waals surface area contributed by atoms with Crippen LogP contribution in [0.1, 0.15) is 57.4 Å². The summed E-state index contributed by atoms with van der Waals surface area (Å²) in [4.78, 5) is 33.2. The van der Waals surface area contributed by atoms with Crippen molar-refractivity contribution in [3.63, 3.8) is 0 Å². The van der Waals surface area contributed by atoms with E-state index < -0.39 is 35.9 Å². The van der Waals surface area contributed by atoms with E-state index in [1.54, 1.807) is 6.42 Å². The van der Waals surface area contributed by atoms with Crippen LogP contribution in [0.2, 0.25) is 0 Å². The minimum Gasteiger partial charge on any atom is -0.493 e. The Hall–Kier alpha value is -3.78. The largest absolute Gasteiger partial charge is 0.493 e. The number of nitrogens with one attached hydrogen (secondary N) is 2. The minimum atomic E-state index is -0.741. The van der Waals surface area contributed by atoms with Crippen LogP contribution in [0.4, 0.5) is 0 Å². The van der Waals surface area contributed by atoms with E-state index in [4.69, 9.17) is 0 Å². The first-order valence-corrected chi connectivity index (χ1v) is 10.8. The van der Waals surface area contributed by atoms with Gasteiger partial charge in [0.2, 0.25) is 11.7 Å². The molecule has 1 unspecified atom stereocenters. The second-order valence-corrected chi connectivity index (χ2v) is 7.90. The highest BCUT2D eigenvalue weighted by Crippen LogP contribution is 2.23. The third kappa shape index (κ3) is 5.35. The van der Waals surface area contributed by atoms with Crippen LogP contribution in [-0.4, -0.2) is 44.1 Å². The van der Waals surface area contributed by atoms with Gasteiger partial charge in [-0.25, -0.2) is 4.98 Å². The number of aromatic nitrogens is 2. The van der Waals surface area contributed by atoms with Crippen LogP contribution in [0.3, 0.4) is 0 Å². The van der Waals surface area contributed by atoms with Crippen molar-refractivity contribution < 1.29 is 19.8 Å². The molecule has 1 aliphatic rings. The van der Waals surface area contributed by atoms with E-state index in [0.29, 0.717) is 6.42 Å². The summed E-state index contributed by atoms with van der Waals surface area (Å²) in [5.41, 5.74) is 1.60. The monoisotopic (exact) mass is 445 g/mol. The van der Waals surface area contributed by atoms with Crippen molar-refractivity contribution in [2.75, 3.05) is 0 Å². The Kier molecular flexibility index (Phi) is 6.95. The topological polar surface area (TPSA) is 124 Å². The van der Waals surface area contributed by atoms with Crippen LogP contribution < -0.4 is 10.6 Å². The Labute approximate surface area is 191 Å². The lowest BCUT2D eigenvalue weighted by Crippen LogP contribution is -2.45. The molecule has 3 aromatic rings. The SMILES string of the molecule is O=C(NC1CCC[CH][C@H]1O)c1ncc(C(=O)NC(c2ccccc2)c2ccccc2)c(O)n1. The average molecular weight is 445 g/mol. The molecule has 1 radical (unpaired) electrons. The molecule has 0 spiro atoms. The number of amides is 2. The molecule has 8 nitrogen and oxygen atoms in total. The van der Waals surface area contributed by atoms with Crippen LogP contribution in [0, 0.1) is 6.42 Å². The highest BCUT2D eigenvalue weighted by atomic mass is 16.3. The van der Waals surface area contributed by atoms with Gasteiger partial charge in [0.15, 0.2) is 0 Å². The van der Waals surface area contributed by atoms with Crippen molar-refractivity contribution in [3.8, 4) is 5.88 Å². The summed E-state index contributed by atoms with van der Waals surface area (Å²) in [6.45, 7) is 0. The van der Waals surface area contributed by atoms with Gasteiger partial charge in [-0.05, 0) is 30.4 Å². The molecule has 1 aliphatic carbocycles. The summed E-state index contributed by atoms with van der Waals surface area (Å²) >= 11 is 0. The molecule has 2 aromatic carbocycles. The minimum absolute atomic E-state index is 0.144. The highest BCUT2D eigenvalue weighted by molar-refractivity contribution is 5.97. The van der Waals surface area contributed by atoms with Gasteiger partial charge in [-0.2, -0.15) is 4.98 Å². The molecule has 1 heterocycles. The Bertz CT molecular complexity index is 1070. The van der Waals surface area contributed by atoms with Gasteiger partial charge < -0.3 is 20.8 Å². The number of aliphatic hydroxyl groups excluding tert-OH is 1. The van der Waals surface area contributed by atoms with Crippen LogP contribution in [-0.2, 0) is 0 Å². The van der Waals surface area contributed by atoms with Crippen LogP contribution >= 0.6 is 0 Å². The maximum Gasteiger partial charge on any atom is 0.289 e. The number of nitrogens with zero attached hydrogens (tertiary/aromatic N) is 2. The predicted octanol–water partition coefficient (Wildman–Crippen LogP) is 2.55. The number of hydrogen-bond donors (Lipinski definition) is 4. The molecule has 0 bridgehead atoms. The first-order chi connectivity index (χ1) is 16.0.